The molecule has 0 aliphatic heterocycles. The van der Waals surface area contributed by atoms with E-state index in [0.29, 0.717) is 13.0 Å². The molecule has 0 heterocycles. The molecule has 1 aromatic rings. The molecule has 1 atom stereocenters. The summed E-state index contributed by atoms with van der Waals surface area (Å²) in [4.78, 5) is 16.0. The second-order valence-corrected chi connectivity index (χ2v) is 9.76. The minimum atomic E-state index is -4.89. The lowest BCUT2D eigenvalue weighted by Gasteiger charge is -2.14. The fourth-order valence-electron chi connectivity index (χ4n) is 2.57. The molecule has 7 nitrogen and oxygen atoms in total. The Hall–Kier alpha value is -1.02. The van der Waals surface area contributed by atoms with Crippen LogP contribution in [0.1, 0.15) is 43.7 Å². The highest BCUT2D eigenvalue weighted by atomic mass is 32.2. The molecule has 0 fully saturated rings. The summed E-state index contributed by atoms with van der Waals surface area (Å²) >= 11 is 0. The van der Waals surface area contributed by atoms with Gasteiger partial charge in [-0.1, -0.05) is 35.9 Å². The van der Waals surface area contributed by atoms with Crippen molar-refractivity contribution < 1.29 is 27.3 Å². The largest absolute Gasteiger partial charge is 0.346 e. The van der Waals surface area contributed by atoms with Crippen LogP contribution >= 0.6 is 7.60 Å². The number of rotatable bonds is 10. The maximum atomic E-state index is 11.2. The number of unbranched alkanes of at least 4 members (excludes halogenated alkanes) is 1. The third-order valence-electron chi connectivity index (χ3n) is 3.99. The Balaban J connectivity index is 2.52. The van der Waals surface area contributed by atoms with Crippen molar-refractivity contribution >= 4 is 17.7 Å². The van der Waals surface area contributed by atoms with Gasteiger partial charge in [0.25, 0.3) is 10.1 Å². The zero-order valence-corrected chi connectivity index (χ0v) is 15.9. The molecule has 1 aromatic carbocycles. The van der Waals surface area contributed by atoms with Gasteiger partial charge in [0.2, 0.25) is 0 Å². The van der Waals surface area contributed by atoms with Crippen LogP contribution in [0.2, 0.25) is 0 Å². The number of benzene rings is 1. The van der Waals surface area contributed by atoms with Crippen molar-refractivity contribution in [2.45, 2.75) is 50.6 Å². The van der Waals surface area contributed by atoms with Crippen LogP contribution in [-0.4, -0.2) is 27.7 Å². The maximum absolute atomic E-state index is 11.2. The molecule has 142 valence electrons. The van der Waals surface area contributed by atoms with E-state index in [9.17, 15) is 13.0 Å². The number of nitrogens with two attached hydrogens (primary N) is 1. The van der Waals surface area contributed by atoms with E-state index in [2.05, 4.69) is 0 Å². The summed E-state index contributed by atoms with van der Waals surface area (Å²) in [5.41, 5.74) is 9.10. The fraction of sp³-hybridized carbons (Fsp3) is 0.500. The van der Waals surface area contributed by atoms with Crippen molar-refractivity contribution in [2.75, 3.05) is 0 Å². The predicted octanol–water partition coefficient (Wildman–Crippen LogP) is 2.59. The van der Waals surface area contributed by atoms with Crippen molar-refractivity contribution in [3.8, 4) is 0 Å². The van der Waals surface area contributed by atoms with Gasteiger partial charge in [0, 0.05) is 6.54 Å². The summed E-state index contributed by atoms with van der Waals surface area (Å²) in [7, 11) is -9.67. The molecule has 0 bridgehead atoms. The first-order chi connectivity index (χ1) is 11.6. The summed E-state index contributed by atoms with van der Waals surface area (Å²) in [5, 5.41) is 0. The van der Waals surface area contributed by atoms with Crippen LogP contribution in [-0.2, 0) is 27.6 Å². The molecule has 0 aliphatic rings. The predicted molar refractivity (Wildman–Crippen MR) is 97.6 cm³/mol. The monoisotopic (exact) mass is 391 g/mol. The molecular formula is C16H26NO6PS. The van der Waals surface area contributed by atoms with E-state index >= 15 is 0 Å². The lowest BCUT2D eigenvalue weighted by Crippen LogP contribution is -2.20. The van der Waals surface area contributed by atoms with Crippen LogP contribution in [0.5, 0.6) is 0 Å². The van der Waals surface area contributed by atoms with Gasteiger partial charge in [-0.2, -0.15) is 8.42 Å². The summed E-state index contributed by atoms with van der Waals surface area (Å²) in [6.07, 6.45) is 4.03. The quantitative estimate of drug-likeness (QED) is 0.208. The molecule has 25 heavy (non-hydrogen) atoms. The molecule has 0 radical (unpaired) electrons. The summed E-state index contributed by atoms with van der Waals surface area (Å²) in [5.74, 6) is 0. The minimum absolute atomic E-state index is 0.256. The first kappa shape index (κ1) is 22.0. The molecule has 5 N–H and O–H groups in total. The second kappa shape index (κ2) is 9.62. The van der Waals surface area contributed by atoms with Crippen LogP contribution in [0.15, 0.2) is 35.9 Å². The van der Waals surface area contributed by atoms with E-state index in [1.54, 1.807) is 0 Å². The van der Waals surface area contributed by atoms with Crippen molar-refractivity contribution in [1.29, 1.82) is 0 Å². The van der Waals surface area contributed by atoms with Gasteiger partial charge in [0.05, 0.1) is 0 Å². The fourth-order valence-corrected chi connectivity index (χ4v) is 4.94. The molecule has 0 saturated carbocycles. The van der Waals surface area contributed by atoms with Crippen LogP contribution in [0, 0.1) is 0 Å². The Labute approximate surface area is 148 Å². The van der Waals surface area contributed by atoms with Gasteiger partial charge >= 0.3 is 7.60 Å². The average Bonchev–Trinajstić information content (AvgIpc) is 2.50. The molecule has 1 unspecified atom stereocenters. The van der Waals surface area contributed by atoms with Gasteiger partial charge in [0.15, 0.2) is 4.99 Å². The van der Waals surface area contributed by atoms with Gasteiger partial charge in [-0.25, -0.2) is 0 Å². The van der Waals surface area contributed by atoms with Crippen LogP contribution in [0.3, 0.4) is 0 Å². The summed E-state index contributed by atoms with van der Waals surface area (Å²) in [6.45, 7) is 2.44. The zero-order chi connectivity index (χ0) is 19.1. The van der Waals surface area contributed by atoms with E-state index < -0.39 is 22.7 Å². The van der Waals surface area contributed by atoms with Crippen LogP contribution < -0.4 is 5.73 Å². The van der Waals surface area contributed by atoms with Crippen molar-refractivity contribution in [3.63, 3.8) is 0 Å². The summed E-state index contributed by atoms with van der Waals surface area (Å²) in [6, 6.07) is 7.93. The molecule has 0 spiro atoms. The zero-order valence-electron chi connectivity index (χ0n) is 14.2. The molecule has 0 amide bonds. The first-order valence-corrected chi connectivity index (χ1v) is 11.2. The Bertz CT molecular complexity index is 741. The van der Waals surface area contributed by atoms with Crippen LogP contribution in [0.4, 0.5) is 0 Å². The van der Waals surface area contributed by atoms with Gasteiger partial charge in [0.1, 0.15) is 0 Å². The molecule has 0 aromatic heterocycles. The lowest BCUT2D eigenvalue weighted by atomic mass is 10.00. The highest BCUT2D eigenvalue weighted by Crippen LogP contribution is 2.46. The Morgan fingerprint density at radius 2 is 1.88 bits per heavy atom. The minimum Gasteiger partial charge on any atom is -0.326 e. The summed E-state index contributed by atoms with van der Waals surface area (Å²) < 4.78 is 42.2. The number of hydrogen-bond acceptors (Lipinski definition) is 4. The molecular weight excluding hydrogens is 365 g/mol. The van der Waals surface area contributed by atoms with E-state index in [4.69, 9.17) is 20.1 Å². The average molecular weight is 391 g/mol. The van der Waals surface area contributed by atoms with E-state index in [1.165, 1.54) is 5.56 Å². The SMILES string of the molecule is C/C(=C\CCCC(P(=O)(O)O)S(=O)(=O)O)CCc1ccccc1CN. The van der Waals surface area contributed by atoms with Gasteiger partial charge < -0.3 is 15.5 Å². The van der Waals surface area contributed by atoms with E-state index in [1.807, 2.05) is 37.3 Å². The highest BCUT2D eigenvalue weighted by Gasteiger charge is 2.38. The van der Waals surface area contributed by atoms with Crippen molar-refractivity contribution in [2.24, 2.45) is 5.73 Å². The number of aryl methyl sites for hydroxylation is 1. The molecule has 1 rings (SSSR count). The Morgan fingerprint density at radius 1 is 1.28 bits per heavy atom. The van der Waals surface area contributed by atoms with E-state index in [-0.39, 0.29) is 12.8 Å². The maximum Gasteiger partial charge on any atom is 0.346 e. The topological polar surface area (TPSA) is 138 Å². The third kappa shape index (κ3) is 7.81. The lowest BCUT2D eigenvalue weighted by molar-refractivity contribution is 0.360. The smallest absolute Gasteiger partial charge is 0.326 e. The standard InChI is InChI=1S/C16H26NO6PS/c1-13(10-11-14-7-3-4-8-15(14)12-17)6-2-5-9-16(24(18,19)20)25(21,22)23/h3-4,6-8,16H,2,5,9-12,17H2,1H3,(H2,18,19,20)(H,21,22,23)/b13-6+. The molecule has 0 aliphatic carbocycles. The Morgan fingerprint density at radius 3 is 2.40 bits per heavy atom. The third-order valence-corrected chi connectivity index (χ3v) is 7.55. The normalized spacial score (nSPS) is 14.5. The van der Waals surface area contributed by atoms with Crippen molar-refractivity contribution in [3.05, 3.63) is 47.0 Å². The Kier molecular flexibility index (Phi) is 8.47. The number of allylic oxidation sites excluding steroid dienone is 2. The number of hydrogen-bond donors (Lipinski definition) is 4. The van der Waals surface area contributed by atoms with Crippen LogP contribution in [0.25, 0.3) is 0 Å². The van der Waals surface area contributed by atoms with Gasteiger partial charge in [-0.3, -0.25) is 9.12 Å². The first-order valence-electron chi connectivity index (χ1n) is 7.99. The van der Waals surface area contributed by atoms with Crippen molar-refractivity contribution in [1.82, 2.24) is 0 Å². The molecule has 9 heteroatoms. The van der Waals surface area contributed by atoms with E-state index in [0.717, 1.165) is 24.0 Å². The molecule has 0 saturated heterocycles. The highest BCUT2D eigenvalue weighted by molar-refractivity contribution is 7.93. The second-order valence-electron chi connectivity index (χ2n) is 6.01. The van der Waals surface area contributed by atoms with Gasteiger partial charge in [-0.15, -0.1) is 0 Å². The van der Waals surface area contributed by atoms with Gasteiger partial charge in [-0.05, 0) is 50.2 Å².